The van der Waals surface area contributed by atoms with Crippen LogP contribution in [0.2, 0.25) is 0 Å². The maximum atomic E-state index is 11.9. The van der Waals surface area contributed by atoms with E-state index in [2.05, 4.69) is 0 Å². The summed E-state index contributed by atoms with van der Waals surface area (Å²) in [6.07, 6.45) is 2.23. The van der Waals surface area contributed by atoms with E-state index < -0.39 is 0 Å². The molecule has 1 amide bonds. The standard InChI is InChI=1S/C11H20ClNOS/c1-8(2)13(9(3)4)11(14)6-10(12)7-15-5/h7-9H,6H2,1-5H3. The number of carbonyl (C=O) groups excluding carboxylic acids is 1. The van der Waals surface area contributed by atoms with Crippen LogP contribution in [-0.2, 0) is 4.79 Å². The molecule has 0 saturated carbocycles. The molecule has 0 saturated heterocycles. The van der Waals surface area contributed by atoms with Gasteiger partial charge >= 0.3 is 0 Å². The van der Waals surface area contributed by atoms with Gasteiger partial charge in [-0.05, 0) is 39.4 Å². The molecule has 0 aliphatic rings. The molecule has 0 N–H and O–H groups in total. The zero-order valence-corrected chi connectivity index (χ0v) is 11.7. The number of rotatable bonds is 5. The highest BCUT2D eigenvalue weighted by molar-refractivity contribution is 8.01. The minimum absolute atomic E-state index is 0.0929. The summed E-state index contributed by atoms with van der Waals surface area (Å²) in [6, 6.07) is 0.437. The largest absolute Gasteiger partial charge is 0.338 e. The van der Waals surface area contributed by atoms with Crippen LogP contribution in [0, 0.1) is 0 Å². The molecule has 4 heteroatoms. The van der Waals surface area contributed by atoms with Crippen molar-refractivity contribution in [2.24, 2.45) is 0 Å². The first-order chi connectivity index (χ1) is 6.90. The van der Waals surface area contributed by atoms with E-state index in [1.165, 1.54) is 11.8 Å². The molecule has 0 spiro atoms. The normalized spacial score (nSPS) is 12.4. The predicted molar refractivity (Wildman–Crippen MR) is 69.2 cm³/mol. The maximum Gasteiger partial charge on any atom is 0.228 e. The van der Waals surface area contributed by atoms with Crippen molar-refractivity contribution < 1.29 is 4.79 Å². The van der Waals surface area contributed by atoms with Crippen LogP contribution < -0.4 is 0 Å². The molecular weight excluding hydrogens is 230 g/mol. The summed E-state index contributed by atoms with van der Waals surface area (Å²) >= 11 is 7.44. The summed E-state index contributed by atoms with van der Waals surface area (Å²) in [5.41, 5.74) is 0. The molecule has 0 atom stereocenters. The summed E-state index contributed by atoms with van der Waals surface area (Å²) in [4.78, 5) is 13.8. The van der Waals surface area contributed by atoms with E-state index in [9.17, 15) is 4.79 Å². The molecule has 0 aromatic carbocycles. The number of carbonyl (C=O) groups is 1. The van der Waals surface area contributed by atoms with E-state index in [4.69, 9.17) is 11.6 Å². The van der Waals surface area contributed by atoms with Crippen LogP contribution in [0.1, 0.15) is 34.1 Å². The number of hydrogen-bond acceptors (Lipinski definition) is 2. The van der Waals surface area contributed by atoms with Crippen molar-refractivity contribution in [3.63, 3.8) is 0 Å². The Morgan fingerprint density at radius 3 is 2.13 bits per heavy atom. The van der Waals surface area contributed by atoms with Crippen LogP contribution in [0.15, 0.2) is 10.4 Å². The van der Waals surface area contributed by atoms with E-state index >= 15 is 0 Å². The summed E-state index contributed by atoms with van der Waals surface area (Å²) in [6.45, 7) is 8.07. The predicted octanol–water partition coefficient (Wildman–Crippen LogP) is 3.47. The van der Waals surface area contributed by atoms with Gasteiger partial charge in [0.15, 0.2) is 0 Å². The van der Waals surface area contributed by atoms with Crippen molar-refractivity contribution in [1.29, 1.82) is 0 Å². The number of nitrogens with zero attached hydrogens (tertiary/aromatic N) is 1. The van der Waals surface area contributed by atoms with Crippen LogP contribution in [0.5, 0.6) is 0 Å². The second kappa shape index (κ2) is 7.18. The van der Waals surface area contributed by atoms with Crippen molar-refractivity contribution in [3.8, 4) is 0 Å². The Balaban J connectivity index is 4.46. The van der Waals surface area contributed by atoms with Crippen molar-refractivity contribution in [2.75, 3.05) is 6.26 Å². The third-order valence-corrected chi connectivity index (χ3v) is 2.86. The molecule has 0 aliphatic carbocycles. The van der Waals surface area contributed by atoms with Crippen LogP contribution >= 0.6 is 23.4 Å². The molecule has 0 bridgehead atoms. The monoisotopic (exact) mass is 249 g/mol. The fourth-order valence-corrected chi connectivity index (χ4v) is 2.30. The zero-order valence-electron chi connectivity index (χ0n) is 10.1. The molecule has 0 unspecified atom stereocenters. The Kier molecular flexibility index (Phi) is 7.11. The summed E-state index contributed by atoms with van der Waals surface area (Å²) in [5.74, 6) is 0.0929. The van der Waals surface area contributed by atoms with Gasteiger partial charge in [-0.1, -0.05) is 11.6 Å². The van der Waals surface area contributed by atoms with Gasteiger partial charge in [-0.15, -0.1) is 11.8 Å². The third kappa shape index (κ3) is 5.47. The van der Waals surface area contributed by atoms with Gasteiger partial charge in [0.2, 0.25) is 5.91 Å². The molecule has 0 fully saturated rings. The van der Waals surface area contributed by atoms with Gasteiger partial charge in [0.05, 0.1) is 6.42 Å². The molecule has 88 valence electrons. The van der Waals surface area contributed by atoms with Gasteiger partial charge in [0, 0.05) is 17.1 Å². The van der Waals surface area contributed by atoms with Gasteiger partial charge in [0.25, 0.3) is 0 Å². The van der Waals surface area contributed by atoms with Crippen molar-refractivity contribution in [2.45, 2.75) is 46.2 Å². The number of thioether (sulfide) groups is 1. The van der Waals surface area contributed by atoms with E-state index in [1.807, 2.05) is 38.9 Å². The molecule has 2 nitrogen and oxygen atoms in total. The lowest BCUT2D eigenvalue weighted by molar-refractivity contribution is -0.133. The van der Waals surface area contributed by atoms with Gasteiger partial charge in [-0.2, -0.15) is 0 Å². The van der Waals surface area contributed by atoms with Gasteiger partial charge in [-0.25, -0.2) is 0 Å². The van der Waals surface area contributed by atoms with Crippen molar-refractivity contribution >= 4 is 29.3 Å². The van der Waals surface area contributed by atoms with E-state index in [-0.39, 0.29) is 18.0 Å². The Morgan fingerprint density at radius 1 is 1.33 bits per heavy atom. The van der Waals surface area contributed by atoms with Crippen molar-refractivity contribution in [3.05, 3.63) is 10.4 Å². The molecule has 0 heterocycles. The molecule has 0 aromatic heterocycles. The third-order valence-electron chi connectivity index (χ3n) is 1.97. The topological polar surface area (TPSA) is 20.3 Å². The molecule has 15 heavy (non-hydrogen) atoms. The maximum absolute atomic E-state index is 11.9. The highest BCUT2D eigenvalue weighted by Gasteiger charge is 2.20. The highest BCUT2D eigenvalue weighted by Crippen LogP contribution is 2.16. The Morgan fingerprint density at radius 2 is 1.80 bits per heavy atom. The Labute approximate surface area is 102 Å². The Hall–Kier alpha value is -0.150. The number of hydrogen-bond donors (Lipinski definition) is 0. The molecule has 0 aromatic rings. The van der Waals surface area contributed by atoms with Gasteiger partial charge in [-0.3, -0.25) is 4.79 Å². The Bertz CT molecular complexity index is 231. The van der Waals surface area contributed by atoms with Gasteiger partial charge in [0.1, 0.15) is 0 Å². The number of halogens is 1. The minimum atomic E-state index is 0.0929. The van der Waals surface area contributed by atoms with E-state index in [1.54, 1.807) is 5.41 Å². The second-order valence-electron chi connectivity index (χ2n) is 3.97. The van der Waals surface area contributed by atoms with Crippen LogP contribution in [-0.4, -0.2) is 29.1 Å². The summed E-state index contributed by atoms with van der Waals surface area (Å²) in [5, 5.41) is 2.41. The first-order valence-electron chi connectivity index (χ1n) is 5.08. The number of amides is 1. The minimum Gasteiger partial charge on any atom is -0.338 e. The SMILES string of the molecule is CSC=C(Cl)CC(=O)N(C(C)C)C(C)C. The van der Waals surface area contributed by atoms with Crippen LogP contribution in [0.25, 0.3) is 0 Å². The quantitative estimate of drug-likeness (QED) is 0.744. The van der Waals surface area contributed by atoms with Crippen molar-refractivity contribution in [1.82, 2.24) is 4.90 Å². The average Bonchev–Trinajstić information content (AvgIpc) is 2.01. The molecular formula is C11H20ClNOS. The molecule has 0 aliphatic heterocycles. The fourth-order valence-electron chi connectivity index (χ4n) is 1.58. The lowest BCUT2D eigenvalue weighted by Crippen LogP contribution is -2.41. The van der Waals surface area contributed by atoms with Crippen LogP contribution in [0.3, 0.4) is 0 Å². The van der Waals surface area contributed by atoms with E-state index in [0.29, 0.717) is 11.5 Å². The molecule has 0 radical (unpaired) electrons. The second-order valence-corrected chi connectivity index (χ2v) is 5.16. The van der Waals surface area contributed by atoms with E-state index in [0.717, 1.165) is 0 Å². The van der Waals surface area contributed by atoms with Crippen LogP contribution in [0.4, 0.5) is 0 Å². The van der Waals surface area contributed by atoms with Gasteiger partial charge < -0.3 is 4.90 Å². The first-order valence-corrected chi connectivity index (χ1v) is 6.75. The lowest BCUT2D eigenvalue weighted by atomic mass is 10.2. The first kappa shape index (κ1) is 14.8. The summed E-state index contributed by atoms with van der Waals surface area (Å²) in [7, 11) is 0. The fraction of sp³-hybridized carbons (Fsp3) is 0.727. The summed E-state index contributed by atoms with van der Waals surface area (Å²) < 4.78 is 0. The smallest absolute Gasteiger partial charge is 0.228 e. The highest BCUT2D eigenvalue weighted by atomic mass is 35.5. The molecule has 0 rings (SSSR count). The average molecular weight is 250 g/mol. The zero-order chi connectivity index (χ0) is 12.0. The lowest BCUT2D eigenvalue weighted by Gasteiger charge is -2.30.